The number of hydrogen-bond acceptors (Lipinski definition) is 4. The number of alkyl halides is 3. The average Bonchev–Trinajstić information content (AvgIpc) is 2.54. The number of nitrogens with two attached hydrogens (primary N) is 2. The van der Waals surface area contributed by atoms with Gasteiger partial charge in [-0.1, -0.05) is 29.8 Å². The van der Waals surface area contributed by atoms with E-state index >= 15 is 0 Å². The molecular weight excluding hydrogens is 353 g/mol. The molecule has 1 aliphatic rings. The third kappa shape index (κ3) is 3.52. The first-order valence-corrected chi connectivity index (χ1v) is 7.70. The molecule has 0 spiro atoms. The number of benzene rings is 1. The van der Waals surface area contributed by atoms with E-state index in [-0.39, 0.29) is 17.9 Å². The minimum atomic E-state index is -4.52. The summed E-state index contributed by atoms with van der Waals surface area (Å²) in [5.41, 5.74) is 10.6. The number of aromatic nitrogens is 2. The zero-order valence-corrected chi connectivity index (χ0v) is 13.6. The van der Waals surface area contributed by atoms with Gasteiger partial charge in [0.2, 0.25) is 0 Å². The molecule has 4 N–H and O–H groups in total. The molecule has 0 fully saturated rings. The maximum absolute atomic E-state index is 12.9. The second-order valence-electron chi connectivity index (χ2n) is 5.76. The zero-order valence-electron chi connectivity index (χ0n) is 12.9. The Kier molecular flexibility index (Phi) is 4.30. The van der Waals surface area contributed by atoms with Gasteiger partial charge in [0.25, 0.3) is 0 Å². The van der Waals surface area contributed by atoms with Gasteiger partial charge in [0.05, 0.1) is 11.3 Å². The van der Waals surface area contributed by atoms with E-state index in [2.05, 4.69) is 9.97 Å². The topological polar surface area (TPSA) is 77.8 Å². The van der Waals surface area contributed by atoms with Crippen molar-refractivity contribution < 1.29 is 13.2 Å². The van der Waals surface area contributed by atoms with Crippen molar-refractivity contribution in [2.24, 2.45) is 11.5 Å². The molecule has 0 aliphatic heterocycles. The van der Waals surface area contributed by atoms with Crippen LogP contribution >= 0.6 is 11.6 Å². The number of allylic oxidation sites excluding steroid dienone is 2. The molecule has 2 aromatic rings. The lowest BCUT2D eigenvalue weighted by molar-refractivity contribution is -0.0896. The molecule has 130 valence electrons. The largest absolute Gasteiger partial charge is 0.418 e. The summed E-state index contributed by atoms with van der Waals surface area (Å²) in [6.07, 6.45) is -1.12. The van der Waals surface area contributed by atoms with Gasteiger partial charge >= 0.3 is 6.18 Å². The Labute approximate surface area is 147 Å². The number of hydrogen-bond donors (Lipinski definition) is 2. The van der Waals surface area contributed by atoms with Gasteiger partial charge in [-0.25, -0.2) is 9.97 Å². The second-order valence-corrected chi connectivity index (χ2v) is 6.20. The first-order chi connectivity index (χ1) is 11.7. The summed E-state index contributed by atoms with van der Waals surface area (Å²) < 4.78 is 38.7. The first-order valence-electron chi connectivity index (χ1n) is 7.32. The monoisotopic (exact) mass is 366 g/mol. The van der Waals surface area contributed by atoms with Crippen molar-refractivity contribution in [1.82, 2.24) is 9.97 Å². The summed E-state index contributed by atoms with van der Waals surface area (Å²) in [4.78, 5) is 8.52. The van der Waals surface area contributed by atoms with E-state index in [1.807, 2.05) is 6.07 Å². The Morgan fingerprint density at radius 3 is 2.60 bits per heavy atom. The molecule has 8 heteroatoms. The van der Waals surface area contributed by atoms with Gasteiger partial charge in [-0.3, -0.25) is 0 Å². The maximum atomic E-state index is 12.9. The van der Waals surface area contributed by atoms with Crippen LogP contribution in [0.2, 0.25) is 5.02 Å². The van der Waals surface area contributed by atoms with Crippen LogP contribution in [0.4, 0.5) is 13.2 Å². The third-order valence-electron chi connectivity index (χ3n) is 3.87. The molecule has 0 amide bonds. The summed E-state index contributed by atoms with van der Waals surface area (Å²) >= 11 is 5.98. The molecule has 1 aromatic carbocycles. The molecular formula is C17H14ClF3N4. The summed E-state index contributed by atoms with van der Waals surface area (Å²) in [7, 11) is 0. The van der Waals surface area contributed by atoms with Crippen molar-refractivity contribution in [3.8, 4) is 11.3 Å². The second kappa shape index (κ2) is 6.16. The van der Waals surface area contributed by atoms with Crippen LogP contribution in [0.5, 0.6) is 0 Å². The standard InChI is InChI=1S/C17H14ClF3N4/c18-11-3-1-2-10(8-11)14-5-7-24-15(25-14)16(23)6-4-12(13(22)9-16)17(19,20)21/h1-8H,9,22-23H2. The van der Waals surface area contributed by atoms with Crippen LogP contribution < -0.4 is 11.5 Å². The predicted molar refractivity (Wildman–Crippen MR) is 89.4 cm³/mol. The van der Waals surface area contributed by atoms with E-state index in [1.165, 1.54) is 12.3 Å². The van der Waals surface area contributed by atoms with Crippen molar-refractivity contribution in [3.63, 3.8) is 0 Å². The number of halogens is 4. The van der Waals surface area contributed by atoms with Gasteiger partial charge < -0.3 is 11.5 Å². The predicted octanol–water partition coefficient (Wildman–Crippen LogP) is 3.69. The Hall–Kier alpha value is -2.38. The molecule has 3 rings (SSSR count). The highest BCUT2D eigenvalue weighted by Crippen LogP contribution is 2.37. The van der Waals surface area contributed by atoms with Gasteiger partial charge in [0.1, 0.15) is 5.54 Å². The molecule has 1 aromatic heterocycles. The highest BCUT2D eigenvalue weighted by atomic mass is 35.5. The lowest BCUT2D eigenvalue weighted by Gasteiger charge is -2.29. The van der Waals surface area contributed by atoms with Crippen LogP contribution in [0.15, 0.2) is 60.0 Å². The van der Waals surface area contributed by atoms with E-state index in [9.17, 15) is 13.2 Å². The molecule has 4 nitrogen and oxygen atoms in total. The average molecular weight is 367 g/mol. The van der Waals surface area contributed by atoms with Crippen LogP contribution in [0.3, 0.4) is 0 Å². The van der Waals surface area contributed by atoms with Crippen LogP contribution in [-0.4, -0.2) is 16.1 Å². The lowest BCUT2D eigenvalue weighted by Crippen LogP contribution is -2.41. The van der Waals surface area contributed by atoms with E-state index in [0.29, 0.717) is 10.7 Å². The maximum Gasteiger partial charge on any atom is 0.418 e. The molecule has 1 aliphatic carbocycles. The van der Waals surface area contributed by atoms with Gasteiger partial charge in [-0.2, -0.15) is 13.2 Å². The molecule has 1 unspecified atom stereocenters. The fourth-order valence-corrected chi connectivity index (χ4v) is 2.82. The molecule has 0 radical (unpaired) electrons. The quantitative estimate of drug-likeness (QED) is 0.849. The van der Waals surface area contributed by atoms with Gasteiger partial charge in [0.15, 0.2) is 5.82 Å². The molecule has 0 saturated heterocycles. The van der Waals surface area contributed by atoms with Crippen LogP contribution in [0.1, 0.15) is 12.2 Å². The van der Waals surface area contributed by atoms with Crippen molar-refractivity contribution in [2.75, 3.05) is 0 Å². The Morgan fingerprint density at radius 2 is 1.96 bits per heavy atom. The highest BCUT2D eigenvalue weighted by Gasteiger charge is 2.40. The SMILES string of the molecule is NC1=C(C(F)(F)F)C=CC(N)(c2nccc(-c3cccc(Cl)c3)n2)C1. The van der Waals surface area contributed by atoms with Crippen molar-refractivity contribution in [1.29, 1.82) is 0 Å². The normalized spacial score (nSPS) is 20.8. The van der Waals surface area contributed by atoms with E-state index in [1.54, 1.807) is 24.3 Å². The zero-order chi connectivity index (χ0) is 18.2. The summed E-state index contributed by atoms with van der Waals surface area (Å²) in [5.74, 6) is 0.186. The van der Waals surface area contributed by atoms with E-state index < -0.39 is 17.3 Å². The summed E-state index contributed by atoms with van der Waals surface area (Å²) in [6.45, 7) is 0. The van der Waals surface area contributed by atoms with Gasteiger partial charge in [-0.05, 0) is 24.3 Å². The van der Waals surface area contributed by atoms with Crippen molar-refractivity contribution >= 4 is 11.6 Å². The Balaban J connectivity index is 1.97. The molecule has 0 bridgehead atoms. The van der Waals surface area contributed by atoms with Crippen molar-refractivity contribution in [3.05, 3.63) is 70.8 Å². The van der Waals surface area contributed by atoms with Gasteiger partial charge in [0, 0.05) is 28.9 Å². The van der Waals surface area contributed by atoms with Crippen LogP contribution in [0.25, 0.3) is 11.3 Å². The van der Waals surface area contributed by atoms with E-state index in [0.717, 1.165) is 11.6 Å². The van der Waals surface area contributed by atoms with Crippen molar-refractivity contribution in [2.45, 2.75) is 18.1 Å². The number of rotatable bonds is 2. The first kappa shape index (κ1) is 17.4. The number of nitrogens with zero attached hydrogens (tertiary/aromatic N) is 2. The smallest absolute Gasteiger partial charge is 0.401 e. The van der Waals surface area contributed by atoms with Crippen LogP contribution in [-0.2, 0) is 5.54 Å². The molecule has 1 atom stereocenters. The third-order valence-corrected chi connectivity index (χ3v) is 4.11. The van der Waals surface area contributed by atoms with E-state index in [4.69, 9.17) is 23.1 Å². The van der Waals surface area contributed by atoms with Gasteiger partial charge in [-0.15, -0.1) is 0 Å². The Morgan fingerprint density at radius 1 is 1.20 bits per heavy atom. The minimum Gasteiger partial charge on any atom is -0.401 e. The molecule has 25 heavy (non-hydrogen) atoms. The molecule has 0 saturated carbocycles. The summed E-state index contributed by atoms with van der Waals surface area (Å²) in [6, 6.07) is 8.71. The minimum absolute atomic E-state index is 0.186. The van der Waals surface area contributed by atoms with Crippen LogP contribution in [0, 0.1) is 0 Å². The molecule has 1 heterocycles. The Bertz CT molecular complexity index is 876. The fraction of sp³-hybridized carbons (Fsp3) is 0.176. The summed E-state index contributed by atoms with van der Waals surface area (Å²) in [5, 5.41) is 0.541. The fourth-order valence-electron chi connectivity index (χ4n) is 2.63. The lowest BCUT2D eigenvalue weighted by atomic mass is 9.86. The highest BCUT2D eigenvalue weighted by molar-refractivity contribution is 6.30.